The molecule has 226 valence electrons. The van der Waals surface area contributed by atoms with E-state index < -0.39 is 35.1 Å². The van der Waals surface area contributed by atoms with Crippen LogP contribution in [0.25, 0.3) is 28.2 Å². The molecule has 3 aromatic heterocycles. The highest BCUT2D eigenvalue weighted by molar-refractivity contribution is 6.30. The normalized spacial score (nSPS) is 11.9. The van der Waals surface area contributed by atoms with Gasteiger partial charge in [-0.1, -0.05) is 48.0 Å². The summed E-state index contributed by atoms with van der Waals surface area (Å²) in [4.78, 5) is 19.9. The molecule has 0 unspecified atom stereocenters. The highest BCUT2D eigenvalue weighted by atomic mass is 35.5. The number of benzene rings is 2. The first kappa shape index (κ1) is 30.5. The third kappa shape index (κ3) is 6.37. The van der Waals surface area contributed by atoms with E-state index in [-0.39, 0.29) is 34.6 Å². The molecule has 0 atom stereocenters. The Morgan fingerprint density at radius 2 is 1.64 bits per heavy atom. The molecule has 0 saturated heterocycles. The zero-order chi connectivity index (χ0) is 31.8. The van der Waals surface area contributed by atoms with Gasteiger partial charge in [-0.2, -0.15) is 31.4 Å². The van der Waals surface area contributed by atoms with E-state index >= 15 is 0 Å². The number of alkyl halides is 6. The van der Waals surface area contributed by atoms with Gasteiger partial charge in [0.15, 0.2) is 11.5 Å². The van der Waals surface area contributed by atoms with Crippen LogP contribution in [0.2, 0.25) is 5.02 Å². The van der Waals surface area contributed by atoms with E-state index in [9.17, 15) is 36.2 Å². The van der Waals surface area contributed by atoms with Crippen molar-refractivity contribution >= 4 is 17.6 Å². The maximum atomic E-state index is 13.8. The molecule has 44 heavy (non-hydrogen) atoms. The summed E-state index contributed by atoms with van der Waals surface area (Å²) in [6.07, 6.45) is -7.55. The summed E-state index contributed by atoms with van der Waals surface area (Å²) in [5.41, 5.74) is -0.0759. The lowest BCUT2D eigenvalue weighted by Crippen LogP contribution is -2.18. The summed E-state index contributed by atoms with van der Waals surface area (Å²) in [5, 5.41) is 13.0. The number of hydrogen-bond acceptors (Lipinski definition) is 5. The van der Waals surface area contributed by atoms with Crippen molar-refractivity contribution in [1.29, 1.82) is 0 Å². The van der Waals surface area contributed by atoms with Crippen molar-refractivity contribution < 1.29 is 41.0 Å². The van der Waals surface area contributed by atoms with Crippen LogP contribution >= 0.6 is 11.6 Å². The Hall–Kier alpha value is -4.91. The van der Waals surface area contributed by atoms with Crippen LogP contribution in [-0.2, 0) is 19.0 Å². The van der Waals surface area contributed by atoms with Gasteiger partial charge in [-0.15, -0.1) is 0 Å². The molecule has 0 radical (unpaired) electrons. The molecule has 5 aromatic rings. The Bertz CT molecular complexity index is 1850. The van der Waals surface area contributed by atoms with Gasteiger partial charge in [0, 0.05) is 6.20 Å². The number of carboxylic acids is 1. The molecule has 0 aliphatic carbocycles. The maximum Gasteiger partial charge on any atom is 0.434 e. The van der Waals surface area contributed by atoms with Crippen LogP contribution in [0.1, 0.15) is 32.7 Å². The molecule has 0 spiro atoms. The van der Waals surface area contributed by atoms with Crippen molar-refractivity contribution in [3.8, 4) is 34.1 Å². The van der Waals surface area contributed by atoms with Gasteiger partial charge >= 0.3 is 18.3 Å². The average Bonchev–Trinajstić information content (AvgIpc) is 3.44. The number of carboxylic acid groups (broad SMARTS) is 1. The Kier molecular flexibility index (Phi) is 8.08. The third-order valence-corrected chi connectivity index (χ3v) is 6.77. The van der Waals surface area contributed by atoms with E-state index in [0.29, 0.717) is 22.0 Å². The summed E-state index contributed by atoms with van der Waals surface area (Å²) in [6, 6.07) is 15.7. The number of pyridine rings is 2. The number of aromatic carboxylic acids is 1. The molecule has 1 N–H and O–H groups in total. The smallest absolute Gasteiger partial charge is 0.434 e. The SMILES string of the molecule is Cc1cc(-c2ccc(C(F)(F)F)cc2)ccc1COc1ncc(Cl)cc1-c1cccc(-n2ncc(C(=O)O)c2C(F)(F)F)n1. The largest absolute Gasteiger partial charge is 0.478 e. The predicted octanol–water partition coefficient (Wildman–Crippen LogP) is 8.27. The van der Waals surface area contributed by atoms with Crippen molar-refractivity contribution in [1.82, 2.24) is 19.7 Å². The van der Waals surface area contributed by atoms with Crippen molar-refractivity contribution in [3.05, 3.63) is 112 Å². The van der Waals surface area contributed by atoms with Crippen LogP contribution in [0.3, 0.4) is 0 Å². The molecule has 3 heterocycles. The highest BCUT2D eigenvalue weighted by Crippen LogP contribution is 2.36. The lowest BCUT2D eigenvalue weighted by molar-refractivity contribution is -0.143. The standard InChI is InChI=1S/C30H19ClF6N4O3/c1-16-11-18(17-7-9-20(10-8-17)29(32,33)34)5-6-19(16)15-44-27-22(12-21(31)13-38-27)24-3-2-4-25(40-24)41-26(30(35,36)37)23(14-39-41)28(42)43/h2-14H,15H2,1H3,(H,42,43). The van der Waals surface area contributed by atoms with E-state index in [4.69, 9.17) is 16.3 Å². The molecule has 0 saturated carbocycles. The second-order valence-corrected chi connectivity index (χ2v) is 9.95. The quantitative estimate of drug-likeness (QED) is 0.182. The van der Waals surface area contributed by atoms with Crippen molar-refractivity contribution in [2.75, 3.05) is 0 Å². The van der Waals surface area contributed by atoms with E-state index in [1.165, 1.54) is 42.6 Å². The zero-order valence-corrected chi connectivity index (χ0v) is 23.2. The molecule has 14 heteroatoms. The monoisotopic (exact) mass is 632 g/mol. The first-order valence-corrected chi connectivity index (χ1v) is 13.0. The van der Waals surface area contributed by atoms with E-state index in [2.05, 4.69) is 15.1 Å². The molecular weight excluding hydrogens is 614 g/mol. The number of aromatic nitrogens is 4. The summed E-state index contributed by atoms with van der Waals surface area (Å²) in [6.45, 7) is 1.82. The van der Waals surface area contributed by atoms with Gasteiger partial charge in [0.05, 0.1) is 28.0 Å². The Morgan fingerprint density at radius 3 is 2.27 bits per heavy atom. The van der Waals surface area contributed by atoms with Gasteiger partial charge in [-0.25, -0.2) is 19.4 Å². The van der Waals surface area contributed by atoms with Crippen molar-refractivity contribution in [2.45, 2.75) is 25.9 Å². The minimum atomic E-state index is -5.03. The van der Waals surface area contributed by atoms with Crippen LogP contribution in [0, 0.1) is 6.92 Å². The maximum absolute atomic E-state index is 13.8. The summed E-state index contributed by atoms with van der Waals surface area (Å²) in [7, 11) is 0. The van der Waals surface area contributed by atoms with Gasteiger partial charge in [0.1, 0.15) is 12.2 Å². The zero-order valence-electron chi connectivity index (χ0n) is 22.4. The number of hydrogen-bond donors (Lipinski definition) is 1. The molecule has 5 rings (SSSR count). The number of halogens is 7. The lowest BCUT2D eigenvalue weighted by atomic mass is 9.99. The van der Waals surface area contributed by atoms with Gasteiger partial charge in [-0.05, 0) is 59.5 Å². The average molecular weight is 633 g/mol. The summed E-state index contributed by atoms with van der Waals surface area (Å²) >= 11 is 6.16. The minimum Gasteiger partial charge on any atom is -0.478 e. The Labute approximate surface area is 250 Å². The lowest BCUT2D eigenvalue weighted by Gasteiger charge is -2.14. The van der Waals surface area contributed by atoms with E-state index in [1.807, 2.05) is 0 Å². The van der Waals surface area contributed by atoms with Crippen molar-refractivity contribution in [3.63, 3.8) is 0 Å². The van der Waals surface area contributed by atoms with Crippen LogP contribution in [0.15, 0.2) is 79.1 Å². The highest BCUT2D eigenvalue weighted by Gasteiger charge is 2.41. The van der Waals surface area contributed by atoms with Gasteiger partial charge in [0.25, 0.3) is 0 Å². The van der Waals surface area contributed by atoms with Gasteiger partial charge in [-0.3, -0.25) is 0 Å². The molecule has 0 fully saturated rings. The molecule has 7 nitrogen and oxygen atoms in total. The fourth-order valence-corrected chi connectivity index (χ4v) is 4.56. The molecule has 0 amide bonds. The number of ether oxygens (including phenoxy) is 1. The van der Waals surface area contributed by atoms with Crippen LogP contribution in [0.4, 0.5) is 26.3 Å². The molecule has 0 aliphatic rings. The number of aryl methyl sites for hydroxylation is 1. The predicted molar refractivity (Wildman–Crippen MR) is 148 cm³/mol. The van der Waals surface area contributed by atoms with E-state index in [1.54, 1.807) is 25.1 Å². The van der Waals surface area contributed by atoms with Crippen LogP contribution in [-0.4, -0.2) is 30.8 Å². The molecule has 0 aliphatic heterocycles. The molecule has 0 bridgehead atoms. The van der Waals surface area contributed by atoms with Crippen molar-refractivity contribution in [2.24, 2.45) is 0 Å². The number of rotatable bonds is 7. The molecular formula is C30H19ClF6N4O3. The third-order valence-electron chi connectivity index (χ3n) is 6.57. The fourth-order valence-electron chi connectivity index (χ4n) is 4.40. The van der Waals surface area contributed by atoms with Crippen LogP contribution in [0.5, 0.6) is 5.88 Å². The second kappa shape index (κ2) is 11.6. The Morgan fingerprint density at radius 1 is 0.932 bits per heavy atom. The van der Waals surface area contributed by atoms with Gasteiger partial charge < -0.3 is 9.84 Å². The first-order valence-electron chi connectivity index (χ1n) is 12.6. The minimum absolute atomic E-state index is 0.0137. The number of carbonyl (C=O) groups is 1. The summed E-state index contributed by atoms with van der Waals surface area (Å²) < 4.78 is 86.4. The Balaban J connectivity index is 1.42. The van der Waals surface area contributed by atoms with Crippen LogP contribution < -0.4 is 4.74 Å². The van der Waals surface area contributed by atoms with Gasteiger partial charge in [0.2, 0.25) is 5.88 Å². The topological polar surface area (TPSA) is 90.1 Å². The number of nitrogens with zero attached hydrogens (tertiary/aromatic N) is 4. The first-order chi connectivity index (χ1) is 20.7. The fraction of sp³-hybridized carbons (Fsp3) is 0.133. The van der Waals surface area contributed by atoms with E-state index in [0.717, 1.165) is 23.3 Å². The summed E-state index contributed by atoms with van der Waals surface area (Å²) in [5.74, 6) is -2.03. The molecule has 2 aromatic carbocycles. The second-order valence-electron chi connectivity index (χ2n) is 9.51.